The van der Waals surface area contributed by atoms with E-state index < -0.39 is 0 Å². The zero-order valence-electron chi connectivity index (χ0n) is 14.5. The average molecular weight is 337 g/mol. The second-order valence-electron chi connectivity index (χ2n) is 7.16. The maximum absolute atomic E-state index is 13.0. The van der Waals surface area contributed by atoms with E-state index in [1.165, 1.54) is 5.56 Å². The molecule has 0 unspecified atom stereocenters. The molecule has 0 aliphatic carbocycles. The smallest absolute Gasteiger partial charge is 0.229 e. The highest BCUT2D eigenvalue weighted by molar-refractivity contribution is 5.85. The van der Waals surface area contributed by atoms with E-state index in [0.29, 0.717) is 5.91 Å². The predicted octanol–water partition coefficient (Wildman–Crippen LogP) is 1.93. The number of aromatic nitrogens is 3. The van der Waals surface area contributed by atoms with Crippen molar-refractivity contribution in [2.24, 2.45) is 5.41 Å². The van der Waals surface area contributed by atoms with Gasteiger partial charge in [-0.15, -0.1) is 0 Å². The molecule has 0 radical (unpaired) electrons. The number of hydrogen-bond acceptors (Lipinski definition) is 5. The Labute approximate surface area is 147 Å². The van der Waals surface area contributed by atoms with Crippen LogP contribution in [0.25, 0.3) is 0 Å². The predicted molar refractivity (Wildman–Crippen MR) is 95.0 cm³/mol. The molecule has 2 aliphatic rings. The first kappa shape index (κ1) is 16.0. The molecule has 4 rings (SSSR count). The topological polar surface area (TPSA) is 62.2 Å². The Morgan fingerprint density at radius 1 is 1.16 bits per heavy atom. The Morgan fingerprint density at radius 3 is 2.60 bits per heavy atom. The summed E-state index contributed by atoms with van der Waals surface area (Å²) in [7, 11) is 1.95. The molecule has 6 nitrogen and oxygen atoms in total. The minimum Gasteiger partial charge on any atom is -0.342 e. The van der Waals surface area contributed by atoms with Crippen molar-refractivity contribution in [3.8, 4) is 0 Å². The van der Waals surface area contributed by atoms with E-state index in [2.05, 4.69) is 25.9 Å². The molecule has 6 heteroatoms. The second kappa shape index (κ2) is 6.43. The van der Waals surface area contributed by atoms with Gasteiger partial charge in [0.1, 0.15) is 0 Å². The van der Waals surface area contributed by atoms with Crippen LogP contribution in [0.4, 0.5) is 5.95 Å². The van der Waals surface area contributed by atoms with E-state index in [1.807, 2.05) is 30.3 Å². The summed E-state index contributed by atoms with van der Waals surface area (Å²) in [6.45, 7) is 1.67. The molecule has 2 aromatic heterocycles. The summed E-state index contributed by atoms with van der Waals surface area (Å²) in [6, 6.07) is 6.13. The number of likely N-dealkylation sites (N-methyl/N-ethyl adjacent to an activating group) is 1. The van der Waals surface area contributed by atoms with Gasteiger partial charge in [0, 0.05) is 51.0 Å². The number of anilines is 1. The molecule has 1 atom stereocenters. The van der Waals surface area contributed by atoms with Crippen LogP contribution in [0.2, 0.25) is 0 Å². The number of piperidine rings is 1. The molecule has 0 saturated carbocycles. The van der Waals surface area contributed by atoms with Crippen molar-refractivity contribution in [3.63, 3.8) is 0 Å². The zero-order chi connectivity index (χ0) is 17.3. The van der Waals surface area contributed by atoms with E-state index in [0.717, 1.165) is 44.7 Å². The van der Waals surface area contributed by atoms with Crippen molar-refractivity contribution >= 4 is 11.9 Å². The SMILES string of the molecule is CN1C(=O)C2(CCN(c3ncccn3)CC2)C[C@H]1Cc1cccnc1. The van der Waals surface area contributed by atoms with E-state index in [9.17, 15) is 4.79 Å². The van der Waals surface area contributed by atoms with Crippen LogP contribution in [0, 0.1) is 5.41 Å². The Kier molecular flexibility index (Phi) is 4.11. The molecule has 130 valence electrons. The lowest BCUT2D eigenvalue weighted by atomic mass is 9.75. The quantitative estimate of drug-likeness (QED) is 0.856. The maximum Gasteiger partial charge on any atom is 0.229 e. The van der Waals surface area contributed by atoms with Gasteiger partial charge in [-0.3, -0.25) is 9.78 Å². The molecule has 4 heterocycles. The monoisotopic (exact) mass is 337 g/mol. The summed E-state index contributed by atoms with van der Waals surface area (Å²) in [5.41, 5.74) is 0.978. The van der Waals surface area contributed by atoms with Gasteiger partial charge >= 0.3 is 0 Å². The number of nitrogens with zero attached hydrogens (tertiary/aromatic N) is 5. The van der Waals surface area contributed by atoms with E-state index in [1.54, 1.807) is 18.6 Å². The summed E-state index contributed by atoms with van der Waals surface area (Å²) >= 11 is 0. The molecule has 0 aromatic carbocycles. The molecule has 1 amide bonds. The molecule has 2 fully saturated rings. The molecule has 2 saturated heterocycles. The van der Waals surface area contributed by atoms with Gasteiger partial charge in [-0.25, -0.2) is 9.97 Å². The highest BCUT2D eigenvalue weighted by Crippen LogP contribution is 2.44. The summed E-state index contributed by atoms with van der Waals surface area (Å²) in [5, 5.41) is 0. The largest absolute Gasteiger partial charge is 0.342 e. The van der Waals surface area contributed by atoms with Gasteiger partial charge in [0.15, 0.2) is 0 Å². The first-order chi connectivity index (χ1) is 12.2. The number of amides is 1. The van der Waals surface area contributed by atoms with Gasteiger partial charge in [0.05, 0.1) is 5.41 Å². The van der Waals surface area contributed by atoms with Gasteiger partial charge in [-0.1, -0.05) is 6.07 Å². The van der Waals surface area contributed by atoms with Crippen molar-refractivity contribution in [2.45, 2.75) is 31.7 Å². The van der Waals surface area contributed by atoms with Gasteiger partial charge in [-0.2, -0.15) is 0 Å². The lowest BCUT2D eigenvalue weighted by Gasteiger charge is -2.37. The van der Waals surface area contributed by atoms with Crippen molar-refractivity contribution in [2.75, 3.05) is 25.0 Å². The zero-order valence-corrected chi connectivity index (χ0v) is 14.5. The number of likely N-dealkylation sites (tertiary alicyclic amines) is 1. The standard InChI is InChI=1S/C19H23N5O/c1-23-16(12-15-4-2-7-20-14-15)13-19(17(23)25)5-10-24(11-6-19)18-21-8-3-9-22-18/h2-4,7-9,14,16H,5-6,10-13H2,1H3/t16-/m1/s1. The number of carbonyl (C=O) groups excluding carboxylic acids is 1. The van der Waals surface area contributed by atoms with Crippen LogP contribution in [-0.2, 0) is 11.2 Å². The van der Waals surface area contributed by atoms with Crippen LogP contribution in [0.1, 0.15) is 24.8 Å². The van der Waals surface area contributed by atoms with E-state index in [4.69, 9.17) is 0 Å². The molecule has 25 heavy (non-hydrogen) atoms. The van der Waals surface area contributed by atoms with Crippen molar-refractivity contribution in [3.05, 3.63) is 48.5 Å². The number of rotatable bonds is 3. The van der Waals surface area contributed by atoms with Crippen LogP contribution in [0.5, 0.6) is 0 Å². The van der Waals surface area contributed by atoms with Gasteiger partial charge < -0.3 is 9.80 Å². The normalized spacial score (nSPS) is 22.6. The van der Waals surface area contributed by atoms with Gasteiger partial charge in [0.2, 0.25) is 11.9 Å². The molecule has 0 N–H and O–H groups in total. The van der Waals surface area contributed by atoms with Crippen molar-refractivity contribution in [1.29, 1.82) is 0 Å². The van der Waals surface area contributed by atoms with Crippen LogP contribution >= 0.6 is 0 Å². The fourth-order valence-electron chi connectivity index (χ4n) is 4.22. The molecule has 2 aromatic rings. The average Bonchev–Trinajstić information content (AvgIpc) is 2.89. The van der Waals surface area contributed by atoms with Crippen molar-refractivity contribution in [1.82, 2.24) is 19.9 Å². The Balaban J connectivity index is 1.45. The lowest BCUT2D eigenvalue weighted by molar-refractivity contribution is -0.136. The molecule has 2 aliphatic heterocycles. The molecular formula is C19H23N5O. The fraction of sp³-hybridized carbons (Fsp3) is 0.474. The minimum atomic E-state index is -0.215. The molecule has 0 bridgehead atoms. The van der Waals surface area contributed by atoms with Crippen LogP contribution in [-0.4, -0.2) is 51.9 Å². The van der Waals surface area contributed by atoms with E-state index in [-0.39, 0.29) is 11.5 Å². The first-order valence-electron chi connectivity index (χ1n) is 8.86. The third-order valence-corrected chi connectivity index (χ3v) is 5.70. The summed E-state index contributed by atoms with van der Waals surface area (Å²) in [6.07, 6.45) is 10.8. The minimum absolute atomic E-state index is 0.215. The summed E-state index contributed by atoms with van der Waals surface area (Å²) in [4.78, 5) is 30.0. The number of carbonyl (C=O) groups is 1. The highest BCUT2D eigenvalue weighted by atomic mass is 16.2. The Bertz CT molecular complexity index is 728. The number of hydrogen-bond donors (Lipinski definition) is 0. The first-order valence-corrected chi connectivity index (χ1v) is 8.86. The van der Waals surface area contributed by atoms with E-state index >= 15 is 0 Å². The van der Waals surface area contributed by atoms with Gasteiger partial charge in [0.25, 0.3) is 0 Å². The Morgan fingerprint density at radius 2 is 1.92 bits per heavy atom. The van der Waals surface area contributed by atoms with Crippen LogP contribution < -0.4 is 4.90 Å². The van der Waals surface area contributed by atoms with Crippen LogP contribution in [0.15, 0.2) is 43.0 Å². The fourth-order valence-corrected chi connectivity index (χ4v) is 4.22. The van der Waals surface area contributed by atoms with Crippen LogP contribution in [0.3, 0.4) is 0 Å². The summed E-state index contributed by atoms with van der Waals surface area (Å²) in [5.74, 6) is 1.07. The molecule has 1 spiro atoms. The third kappa shape index (κ3) is 2.97. The van der Waals surface area contributed by atoms with Gasteiger partial charge in [-0.05, 0) is 43.4 Å². The Hall–Kier alpha value is -2.50. The lowest BCUT2D eigenvalue weighted by Crippen LogP contribution is -2.44. The summed E-state index contributed by atoms with van der Waals surface area (Å²) < 4.78 is 0. The number of pyridine rings is 1. The second-order valence-corrected chi connectivity index (χ2v) is 7.16. The highest BCUT2D eigenvalue weighted by Gasteiger charge is 2.51. The molecular weight excluding hydrogens is 314 g/mol. The third-order valence-electron chi connectivity index (χ3n) is 5.70. The van der Waals surface area contributed by atoms with Crippen molar-refractivity contribution < 1.29 is 4.79 Å². The maximum atomic E-state index is 13.0.